The highest BCUT2D eigenvalue weighted by Crippen LogP contribution is 2.28. The van der Waals surface area contributed by atoms with Crippen LogP contribution in [0.2, 0.25) is 0 Å². The molecule has 0 saturated carbocycles. The summed E-state index contributed by atoms with van der Waals surface area (Å²) in [6.07, 6.45) is 0. The van der Waals surface area contributed by atoms with Crippen LogP contribution >= 0.6 is 11.3 Å². The van der Waals surface area contributed by atoms with Gasteiger partial charge in [0.1, 0.15) is 5.01 Å². The first kappa shape index (κ1) is 14.8. The Labute approximate surface area is 124 Å². The summed E-state index contributed by atoms with van der Waals surface area (Å²) in [5, 5.41) is 22.4. The van der Waals surface area contributed by atoms with Crippen molar-refractivity contribution in [2.24, 2.45) is 0 Å². The van der Waals surface area contributed by atoms with Gasteiger partial charge in [0, 0.05) is 17.1 Å². The van der Waals surface area contributed by atoms with E-state index in [1.54, 1.807) is 25.3 Å². The van der Waals surface area contributed by atoms with E-state index in [2.05, 4.69) is 4.98 Å². The molecule has 1 heterocycles. The fourth-order valence-electron chi connectivity index (χ4n) is 1.89. The summed E-state index contributed by atoms with van der Waals surface area (Å²) in [6.45, 7) is 3.49. The number of hydrogen-bond acceptors (Lipinski definition) is 6. The molecule has 0 radical (unpaired) electrons. The van der Waals surface area contributed by atoms with E-state index in [9.17, 15) is 20.2 Å². The Balaban J connectivity index is 2.50. The van der Waals surface area contributed by atoms with Crippen molar-refractivity contribution in [3.05, 3.63) is 55.5 Å². The summed E-state index contributed by atoms with van der Waals surface area (Å²) in [5.41, 5.74) is 1.08. The van der Waals surface area contributed by atoms with Crippen LogP contribution in [0.15, 0.2) is 23.6 Å². The van der Waals surface area contributed by atoms with Crippen molar-refractivity contribution in [1.82, 2.24) is 4.98 Å². The molecule has 1 aromatic heterocycles. The molecule has 0 aliphatic heterocycles. The van der Waals surface area contributed by atoms with Crippen molar-refractivity contribution in [1.29, 1.82) is 5.26 Å². The molecule has 6 nitrogen and oxygen atoms in total. The van der Waals surface area contributed by atoms with Gasteiger partial charge in [-0.2, -0.15) is 5.26 Å². The number of benzene rings is 1. The molecule has 0 bridgehead atoms. The van der Waals surface area contributed by atoms with Gasteiger partial charge in [0.05, 0.1) is 16.6 Å². The number of nitrogens with zero attached hydrogens (tertiary/aromatic N) is 3. The molecule has 0 spiro atoms. The lowest BCUT2D eigenvalue weighted by molar-refractivity contribution is -0.385. The third-order valence-electron chi connectivity index (χ3n) is 2.89. The highest BCUT2D eigenvalue weighted by Gasteiger charge is 2.30. The molecule has 2 rings (SSSR count). The minimum atomic E-state index is -1.12. The van der Waals surface area contributed by atoms with E-state index in [1.807, 2.05) is 6.07 Å². The largest absolute Gasteiger partial charge is 0.292 e. The number of nitro groups is 1. The topological polar surface area (TPSA) is 96.9 Å². The highest BCUT2D eigenvalue weighted by atomic mass is 32.1. The molecule has 0 fully saturated rings. The minimum absolute atomic E-state index is 0.0561. The molecule has 1 aromatic carbocycles. The number of carbonyl (C=O) groups is 1. The lowest BCUT2D eigenvalue weighted by Crippen LogP contribution is -2.13. The predicted octanol–water partition coefficient (Wildman–Crippen LogP) is 3.16. The van der Waals surface area contributed by atoms with Gasteiger partial charge < -0.3 is 0 Å². The van der Waals surface area contributed by atoms with Crippen molar-refractivity contribution in [3.8, 4) is 6.07 Å². The Morgan fingerprint density at radius 1 is 1.48 bits per heavy atom. The first-order valence-electron chi connectivity index (χ1n) is 6.05. The summed E-state index contributed by atoms with van der Waals surface area (Å²) >= 11 is 1.20. The average Bonchev–Trinajstić information content (AvgIpc) is 2.85. The molecule has 0 amide bonds. The smallest absolute Gasteiger partial charge is 0.280 e. The zero-order chi connectivity index (χ0) is 15.6. The molecule has 0 N–H and O–H groups in total. The monoisotopic (exact) mass is 301 g/mol. The molecule has 1 unspecified atom stereocenters. The lowest BCUT2D eigenvalue weighted by Gasteiger charge is -2.07. The molecule has 0 aliphatic carbocycles. The van der Waals surface area contributed by atoms with Gasteiger partial charge in [0.2, 0.25) is 0 Å². The standard InChI is InChI=1S/C14H11N3O3S/c1-8-3-4-12(17(19)20)10(5-8)13(18)11(6-15)14-16-9(2)7-21-14/h3-5,7,11H,1-2H3. The maximum atomic E-state index is 12.5. The molecule has 0 aliphatic rings. The van der Waals surface area contributed by atoms with Gasteiger partial charge >= 0.3 is 0 Å². The summed E-state index contributed by atoms with van der Waals surface area (Å²) < 4.78 is 0. The normalized spacial score (nSPS) is 11.7. The quantitative estimate of drug-likeness (QED) is 0.491. The van der Waals surface area contributed by atoms with E-state index in [0.29, 0.717) is 10.7 Å². The number of nitro benzene ring substituents is 1. The van der Waals surface area contributed by atoms with E-state index < -0.39 is 16.6 Å². The van der Waals surface area contributed by atoms with Crippen LogP contribution in [0.25, 0.3) is 0 Å². The second-order valence-electron chi connectivity index (χ2n) is 4.53. The van der Waals surface area contributed by atoms with Crippen molar-refractivity contribution >= 4 is 22.8 Å². The second kappa shape index (κ2) is 5.81. The summed E-state index contributed by atoms with van der Waals surface area (Å²) in [7, 11) is 0. The Hall–Kier alpha value is -2.59. The number of carbonyl (C=O) groups excluding carboxylic acids is 1. The maximum Gasteiger partial charge on any atom is 0.280 e. The van der Waals surface area contributed by atoms with Gasteiger partial charge in [-0.3, -0.25) is 14.9 Å². The van der Waals surface area contributed by atoms with Gasteiger partial charge in [0.25, 0.3) is 5.69 Å². The van der Waals surface area contributed by atoms with Crippen molar-refractivity contribution in [3.63, 3.8) is 0 Å². The predicted molar refractivity (Wildman–Crippen MR) is 77.4 cm³/mol. The summed E-state index contributed by atoms with van der Waals surface area (Å²) in [5.74, 6) is -1.72. The number of Topliss-reactive ketones (excluding diaryl/α,β-unsaturated/α-hetero) is 1. The Morgan fingerprint density at radius 2 is 2.19 bits per heavy atom. The van der Waals surface area contributed by atoms with Gasteiger partial charge in [-0.1, -0.05) is 6.07 Å². The van der Waals surface area contributed by atoms with E-state index in [1.165, 1.54) is 23.5 Å². The van der Waals surface area contributed by atoms with Gasteiger partial charge in [-0.15, -0.1) is 11.3 Å². The third-order valence-corrected chi connectivity index (χ3v) is 3.92. The number of hydrogen-bond donors (Lipinski definition) is 0. The first-order chi connectivity index (χ1) is 9.93. The number of aryl methyl sites for hydroxylation is 2. The van der Waals surface area contributed by atoms with Crippen LogP contribution in [-0.4, -0.2) is 15.7 Å². The van der Waals surface area contributed by atoms with Crippen molar-refractivity contribution < 1.29 is 9.72 Å². The van der Waals surface area contributed by atoms with Crippen LogP contribution in [-0.2, 0) is 0 Å². The first-order valence-corrected chi connectivity index (χ1v) is 6.93. The number of thiazole rings is 1. The molecule has 0 saturated heterocycles. The maximum absolute atomic E-state index is 12.5. The van der Waals surface area contributed by atoms with Gasteiger partial charge in [-0.25, -0.2) is 4.98 Å². The minimum Gasteiger partial charge on any atom is -0.292 e. The molecule has 1 atom stereocenters. The van der Waals surface area contributed by atoms with E-state index in [-0.39, 0.29) is 11.3 Å². The molecule has 2 aromatic rings. The fourth-order valence-corrected chi connectivity index (χ4v) is 2.73. The van der Waals surface area contributed by atoms with Crippen LogP contribution in [0.1, 0.15) is 32.5 Å². The van der Waals surface area contributed by atoms with Crippen LogP contribution in [0.5, 0.6) is 0 Å². The molecular formula is C14H11N3O3S. The Morgan fingerprint density at radius 3 is 2.71 bits per heavy atom. The molecular weight excluding hydrogens is 290 g/mol. The fraction of sp³-hybridized carbons (Fsp3) is 0.214. The SMILES string of the molecule is Cc1ccc([N+](=O)[O-])c(C(=O)C(C#N)c2nc(C)cs2)c1. The number of ketones is 1. The number of nitriles is 1. The van der Waals surface area contributed by atoms with E-state index >= 15 is 0 Å². The number of aromatic nitrogens is 1. The zero-order valence-corrected chi connectivity index (χ0v) is 12.2. The lowest BCUT2D eigenvalue weighted by atomic mass is 9.96. The van der Waals surface area contributed by atoms with Crippen LogP contribution in [0.3, 0.4) is 0 Å². The number of rotatable bonds is 4. The summed E-state index contributed by atoms with van der Waals surface area (Å²) in [4.78, 5) is 27.1. The van der Waals surface area contributed by atoms with E-state index in [0.717, 1.165) is 5.56 Å². The molecule has 106 valence electrons. The second-order valence-corrected chi connectivity index (χ2v) is 5.42. The van der Waals surface area contributed by atoms with Crippen LogP contribution in [0, 0.1) is 35.3 Å². The summed E-state index contributed by atoms with van der Waals surface area (Å²) in [6, 6.07) is 6.17. The van der Waals surface area contributed by atoms with Crippen LogP contribution < -0.4 is 0 Å². The Bertz CT molecular complexity index is 761. The molecule has 7 heteroatoms. The van der Waals surface area contributed by atoms with E-state index in [4.69, 9.17) is 0 Å². The zero-order valence-electron chi connectivity index (χ0n) is 11.4. The van der Waals surface area contributed by atoms with Crippen LogP contribution in [0.4, 0.5) is 5.69 Å². The third kappa shape index (κ3) is 2.95. The van der Waals surface area contributed by atoms with Crippen molar-refractivity contribution in [2.45, 2.75) is 19.8 Å². The molecule has 21 heavy (non-hydrogen) atoms. The highest BCUT2D eigenvalue weighted by molar-refractivity contribution is 7.10. The average molecular weight is 301 g/mol. The van der Waals surface area contributed by atoms with Crippen molar-refractivity contribution in [2.75, 3.05) is 0 Å². The van der Waals surface area contributed by atoms with Gasteiger partial charge in [0.15, 0.2) is 11.7 Å². The Kier molecular flexibility index (Phi) is 4.10. The van der Waals surface area contributed by atoms with Gasteiger partial charge in [-0.05, 0) is 25.5 Å².